The molecule has 7 nitrogen and oxygen atoms in total. The molecule has 7 heteroatoms. The van der Waals surface area contributed by atoms with Gasteiger partial charge in [-0.15, -0.1) is 0 Å². The molecule has 17 heavy (non-hydrogen) atoms. The first-order chi connectivity index (χ1) is 7.95. The Labute approximate surface area is 98.9 Å². The molecule has 1 heterocycles. The Hall–Kier alpha value is -2.05. The van der Waals surface area contributed by atoms with Crippen molar-refractivity contribution in [3.63, 3.8) is 0 Å². The molecular formula is C10H16N4O3. The molecule has 0 bridgehead atoms. The van der Waals surface area contributed by atoms with Crippen molar-refractivity contribution in [2.24, 2.45) is 10.9 Å². The number of carbonyl (C=O) groups is 1. The molecule has 0 aliphatic carbocycles. The van der Waals surface area contributed by atoms with Crippen molar-refractivity contribution in [1.82, 2.24) is 10.1 Å². The fraction of sp³-hybridized carbons (Fsp3) is 0.500. The van der Waals surface area contributed by atoms with Crippen LogP contribution in [0.2, 0.25) is 0 Å². The van der Waals surface area contributed by atoms with Gasteiger partial charge in [-0.1, -0.05) is 10.3 Å². The highest BCUT2D eigenvalue weighted by Crippen LogP contribution is 2.09. The maximum absolute atomic E-state index is 11.9. The number of aromatic nitrogens is 1. The van der Waals surface area contributed by atoms with Crippen LogP contribution in [-0.4, -0.2) is 40.1 Å². The summed E-state index contributed by atoms with van der Waals surface area (Å²) in [4.78, 5) is 13.4. The van der Waals surface area contributed by atoms with Gasteiger partial charge in [-0.3, -0.25) is 4.79 Å². The first-order valence-corrected chi connectivity index (χ1v) is 5.12. The van der Waals surface area contributed by atoms with Crippen LogP contribution >= 0.6 is 0 Å². The molecule has 1 unspecified atom stereocenters. The second kappa shape index (κ2) is 5.33. The zero-order valence-corrected chi connectivity index (χ0v) is 10.0. The third kappa shape index (κ3) is 3.20. The summed E-state index contributed by atoms with van der Waals surface area (Å²) in [5.74, 6) is 0.388. The number of nitrogens with zero attached hydrogens (tertiary/aromatic N) is 3. The van der Waals surface area contributed by atoms with E-state index in [1.807, 2.05) is 0 Å². The molecule has 0 aromatic carbocycles. The number of rotatable bonds is 4. The molecule has 0 spiro atoms. The second-order valence-electron chi connectivity index (χ2n) is 3.88. The average Bonchev–Trinajstić information content (AvgIpc) is 2.73. The van der Waals surface area contributed by atoms with Crippen LogP contribution < -0.4 is 5.73 Å². The maximum atomic E-state index is 11.9. The van der Waals surface area contributed by atoms with Crippen molar-refractivity contribution in [2.45, 2.75) is 26.3 Å². The van der Waals surface area contributed by atoms with Crippen molar-refractivity contribution in [2.75, 3.05) is 7.05 Å². The maximum Gasteiger partial charge on any atom is 0.276 e. The predicted octanol–water partition coefficient (Wildman–Crippen LogP) is 0.580. The molecule has 0 saturated carbocycles. The lowest BCUT2D eigenvalue weighted by Crippen LogP contribution is -2.37. The number of amides is 1. The molecule has 1 aromatic rings. The van der Waals surface area contributed by atoms with E-state index in [4.69, 9.17) is 15.5 Å². The van der Waals surface area contributed by atoms with Gasteiger partial charge in [0.2, 0.25) is 0 Å². The summed E-state index contributed by atoms with van der Waals surface area (Å²) in [5.41, 5.74) is 5.63. The van der Waals surface area contributed by atoms with Crippen LogP contribution in [0.4, 0.5) is 0 Å². The Bertz CT molecular complexity index is 427. The fourth-order valence-corrected chi connectivity index (χ4v) is 1.33. The summed E-state index contributed by atoms with van der Waals surface area (Å²) in [6, 6.07) is 1.37. The van der Waals surface area contributed by atoms with Crippen LogP contribution in [0.5, 0.6) is 0 Å². The van der Waals surface area contributed by atoms with Crippen molar-refractivity contribution in [3.8, 4) is 0 Å². The predicted molar refractivity (Wildman–Crippen MR) is 60.8 cm³/mol. The van der Waals surface area contributed by atoms with Gasteiger partial charge in [0, 0.05) is 25.6 Å². The van der Waals surface area contributed by atoms with E-state index in [-0.39, 0.29) is 29.9 Å². The Morgan fingerprint density at radius 1 is 1.76 bits per heavy atom. The monoisotopic (exact) mass is 240 g/mol. The lowest BCUT2D eigenvalue weighted by molar-refractivity contribution is 0.0736. The standard InChI is InChI=1S/C10H16N4O3/c1-6(4-9(11)12-16)14(3)10(15)8-5-7(2)17-13-8/h5-6,16H,4H2,1-3H3,(H2,11,12). The number of oxime groups is 1. The van der Waals surface area contributed by atoms with Gasteiger partial charge in [0.25, 0.3) is 5.91 Å². The molecular weight excluding hydrogens is 224 g/mol. The summed E-state index contributed by atoms with van der Waals surface area (Å²) in [5, 5.41) is 15.0. The van der Waals surface area contributed by atoms with Gasteiger partial charge < -0.3 is 20.4 Å². The summed E-state index contributed by atoms with van der Waals surface area (Å²) in [6.45, 7) is 3.51. The van der Waals surface area contributed by atoms with E-state index in [0.29, 0.717) is 5.76 Å². The largest absolute Gasteiger partial charge is 0.409 e. The highest BCUT2D eigenvalue weighted by molar-refractivity contribution is 5.92. The number of amidine groups is 1. The first kappa shape index (κ1) is 13.0. The lowest BCUT2D eigenvalue weighted by Gasteiger charge is -2.23. The average molecular weight is 240 g/mol. The van der Waals surface area contributed by atoms with Crippen LogP contribution in [0.25, 0.3) is 0 Å². The smallest absolute Gasteiger partial charge is 0.276 e. The lowest BCUT2D eigenvalue weighted by atomic mass is 10.2. The first-order valence-electron chi connectivity index (χ1n) is 5.12. The summed E-state index contributed by atoms with van der Waals surface area (Å²) < 4.78 is 4.83. The van der Waals surface area contributed by atoms with Crippen LogP contribution in [-0.2, 0) is 0 Å². The van der Waals surface area contributed by atoms with Crippen LogP contribution in [0.1, 0.15) is 29.6 Å². The number of aryl methyl sites for hydroxylation is 1. The summed E-state index contributed by atoms with van der Waals surface area (Å²) in [6.07, 6.45) is 0.287. The third-order valence-electron chi connectivity index (χ3n) is 2.46. The Balaban J connectivity index is 2.69. The second-order valence-corrected chi connectivity index (χ2v) is 3.88. The highest BCUT2D eigenvalue weighted by atomic mass is 16.5. The van der Waals surface area contributed by atoms with Crippen LogP contribution in [0.15, 0.2) is 15.7 Å². The number of hydrogen-bond acceptors (Lipinski definition) is 5. The van der Waals surface area contributed by atoms with E-state index in [1.54, 1.807) is 27.0 Å². The number of carbonyl (C=O) groups excluding carboxylic acids is 1. The molecule has 1 rings (SSSR count). The van der Waals surface area contributed by atoms with Crippen molar-refractivity contribution >= 4 is 11.7 Å². The topological polar surface area (TPSA) is 105 Å². The zero-order chi connectivity index (χ0) is 13.0. The number of nitrogens with two attached hydrogens (primary N) is 1. The van der Waals surface area contributed by atoms with Gasteiger partial charge in [0.1, 0.15) is 11.6 Å². The molecule has 0 aliphatic rings. The molecule has 0 fully saturated rings. The van der Waals surface area contributed by atoms with Crippen molar-refractivity contribution < 1.29 is 14.5 Å². The van der Waals surface area contributed by atoms with Gasteiger partial charge in [0.15, 0.2) is 5.69 Å². The molecule has 0 saturated heterocycles. The van der Waals surface area contributed by atoms with Gasteiger partial charge in [-0.05, 0) is 13.8 Å². The Kier molecular flexibility index (Phi) is 4.08. The van der Waals surface area contributed by atoms with E-state index in [9.17, 15) is 4.79 Å². The molecule has 1 atom stereocenters. The SMILES string of the molecule is Cc1cc(C(=O)N(C)C(C)CC(N)=NO)no1. The van der Waals surface area contributed by atoms with E-state index in [0.717, 1.165) is 0 Å². The third-order valence-corrected chi connectivity index (χ3v) is 2.46. The minimum atomic E-state index is -0.264. The van der Waals surface area contributed by atoms with Gasteiger partial charge in [0.05, 0.1) is 0 Å². The van der Waals surface area contributed by atoms with Gasteiger partial charge >= 0.3 is 0 Å². The van der Waals surface area contributed by atoms with Crippen molar-refractivity contribution in [3.05, 3.63) is 17.5 Å². The minimum Gasteiger partial charge on any atom is -0.409 e. The normalized spacial score (nSPS) is 13.5. The zero-order valence-electron chi connectivity index (χ0n) is 10.0. The van der Waals surface area contributed by atoms with E-state index in [1.165, 1.54) is 4.90 Å². The van der Waals surface area contributed by atoms with E-state index < -0.39 is 0 Å². The van der Waals surface area contributed by atoms with Crippen molar-refractivity contribution in [1.29, 1.82) is 0 Å². The van der Waals surface area contributed by atoms with E-state index in [2.05, 4.69) is 10.3 Å². The molecule has 94 valence electrons. The molecule has 0 radical (unpaired) electrons. The number of hydrogen-bond donors (Lipinski definition) is 2. The summed E-state index contributed by atoms with van der Waals surface area (Å²) in [7, 11) is 1.63. The molecule has 3 N–H and O–H groups in total. The fourth-order valence-electron chi connectivity index (χ4n) is 1.33. The quantitative estimate of drug-likeness (QED) is 0.346. The van der Waals surface area contributed by atoms with Crippen LogP contribution in [0.3, 0.4) is 0 Å². The van der Waals surface area contributed by atoms with E-state index >= 15 is 0 Å². The summed E-state index contributed by atoms with van der Waals surface area (Å²) >= 11 is 0. The van der Waals surface area contributed by atoms with Gasteiger partial charge in [-0.25, -0.2) is 0 Å². The minimum absolute atomic E-state index is 0.0773. The van der Waals surface area contributed by atoms with Crippen LogP contribution in [0, 0.1) is 6.92 Å². The Morgan fingerprint density at radius 2 is 2.41 bits per heavy atom. The van der Waals surface area contributed by atoms with Gasteiger partial charge in [-0.2, -0.15) is 0 Å². The molecule has 0 aliphatic heterocycles. The molecule has 1 aromatic heterocycles. The molecule has 1 amide bonds. The highest BCUT2D eigenvalue weighted by Gasteiger charge is 2.21. The Morgan fingerprint density at radius 3 is 2.88 bits per heavy atom.